The normalized spacial score (nSPS) is 40.2. The molecule has 3 rings (SSSR count). The van der Waals surface area contributed by atoms with E-state index in [1.54, 1.807) is 13.8 Å². The van der Waals surface area contributed by atoms with Gasteiger partial charge in [-0.3, -0.25) is 5.41 Å². The third kappa shape index (κ3) is 1.10. The zero-order valence-electron chi connectivity index (χ0n) is 10.1. The maximum atomic E-state index is 9.47. The van der Waals surface area contributed by atoms with Gasteiger partial charge in [-0.15, -0.1) is 0 Å². The van der Waals surface area contributed by atoms with Gasteiger partial charge in [-0.2, -0.15) is 15.8 Å². The Morgan fingerprint density at radius 3 is 2.39 bits per heavy atom. The highest BCUT2D eigenvalue weighted by Gasteiger charge is 2.73. The standard InChI is InChI=1S/C12H12N4O2/c1-3-8-12(7-15)9(16)18-10(2,17-8)4-11(12,5-13)6-14/h8,16H,3-4H2,1-2H3/t8-,10-,12-/m1/s1. The van der Waals surface area contributed by atoms with Gasteiger partial charge >= 0.3 is 0 Å². The van der Waals surface area contributed by atoms with E-state index >= 15 is 0 Å². The number of hydrogen-bond acceptors (Lipinski definition) is 6. The van der Waals surface area contributed by atoms with E-state index in [2.05, 4.69) is 0 Å². The third-order valence-corrected chi connectivity index (χ3v) is 3.74. The molecule has 3 heterocycles. The molecule has 0 saturated carbocycles. The molecule has 18 heavy (non-hydrogen) atoms. The van der Waals surface area contributed by atoms with Gasteiger partial charge in [0.15, 0.2) is 10.8 Å². The van der Waals surface area contributed by atoms with Crippen molar-refractivity contribution in [2.45, 2.75) is 38.6 Å². The number of ether oxygens (including phenoxy) is 2. The molecule has 3 atom stereocenters. The van der Waals surface area contributed by atoms with E-state index in [0.717, 1.165) is 0 Å². The van der Waals surface area contributed by atoms with E-state index in [0.29, 0.717) is 6.42 Å². The summed E-state index contributed by atoms with van der Waals surface area (Å²) in [6.07, 6.45) is -0.277. The lowest BCUT2D eigenvalue weighted by Gasteiger charge is -2.57. The fourth-order valence-electron chi connectivity index (χ4n) is 2.91. The van der Waals surface area contributed by atoms with Crippen LogP contribution in [0.4, 0.5) is 0 Å². The second-order valence-electron chi connectivity index (χ2n) is 4.81. The van der Waals surface area contributed by atoms with E-state index in [1.807, 2.05) is 18.2 Å². The van der Waals surface area contributed by atoms with E-state index in [9.17, 15) is 15.8 Å². The Bertz CT molecular complexity index is 524. The van der Waals surface area contributed by atoms with E-state index < -0.39 is 22.7 Å². The summed E-state index contributed by atoms with van der Waals surface area (Å²) in [4.78, 5) is 0. The number of nitriles is 3. The molecule has 0 unspecified atom stereocenters. The molecule has 0 amide bonds. The van der Waals surface area contributed by atoms with Gasteiger partial charge in [0, 0.05) is 13.3 Å². The largest absolute Gasteiger partial charge is 0.448 e. The molecule has 0 radical (unpaired) electrons. The van der Waals surface area contributed by atoms with Crippen LogP contribution < -0.4 is 0 Å². The van der Waals surface area contributed by atoms with Gasteiger partial charge in [0.2, 0.25) is 11.7 Å². The molecular weight excluding hydrogens is 232 g/mol. The first kappa shape index (κ1) is 12.4. The minimum absolute atomic E-state index is 0.0283. The summed E-state index contributed by atoms with van der Waals surface area (Å²) in [5.41, 5.74) is -3.23. The summed E-state index contributed by atoms with van der Waals surface area (Å²) < 4.78 is 11.0. The third-order valence-electron chi connectivity index (χ3n) is 3.74. The molecule has 0 spiro atoms. The minimum Gasteiger partial charge on any atom is -0.448 e. The Kier molecular flexibility index (Phi) is 2.37. The van der Waals surface area contributed by atoms with Crippen molar-refractivity contribution in [3.8, 4) is 18.2 Å². The van der Waals surface area contributed by atoms with Crippen molar-refractivity contribution >= 4 is 5.90 Å². The van der Waals surface area contributed by atoms with Crippen LogP contribution in [0.25, 0.3) is 0 Å². The molecule has 92 valence electrons. The summed E-state index contributed by atoms with van der Waals surface area (Å²) in [7, 11) is 0. The van der Waals surface area contributed by atoms with Crippen molar-refractivity contribution in [1.29, 1.82) is 21.2 Å². The number of rotatable bonds is 1. The van der Waals surface area contributed by atoms with Crippen LogP contribution in [0.2, 0.25) is 0 Å². The zero-order valence-corrected chi connectivity index (χ0v) is 10.1. The lowest BCUT2D eigenvalue weighted by molar-refractivity contribution is -0.306. The summed E-state index contributed by atoms with van der Waals surface area (Å²) in [6, 6.07) is 5.80. The second kappa shape index (κ2) is 3.45. The monoisotopic (exact) mass is 244 g/mol. The molecule has 3 aliphatic rings. The summed E-state index contributed by atoms with van der Waals surface area (Å²) in [5.74, 6) is -1.51. The highest BCUT2D eigenvalue weighted by molar-refractivity contribution is 5.88. The van der Waals surface area contributed by atoms with Crippen LogP contribution >= 0.6 is 0 Å². The van der Waals surface area contributed by atoms with Crippen molar-refractivity contribution in [3.63, 3.8) is 0 Å². The summed E-state index contributed by atoms with van der Waals surface area (Å²) in [5, 5.41) is 36.1. The SMILES string of the molecule is CC[C@H]1O[C@@]2(C)CC(C#N)(C#N)[C@@]1(C#N)C(=N)O2. The van der Waals surface area contributed by atoms with Crippen molar-refractivity contribution in [3.05, 3.63) is 0 Å². The van der Waals surface area contributed by atoms with Crippen molar-refractivity contribution < 1.29 is 9.47 Å². The topological polar surface area (TPSA) is 114 Å². The number of hydrogen-bond donors (Lipinski definition) is 1. The molecule has 2 bridgehead atoms. The molecule has 3 fully saturated rings. The minimum atomic E-state index is -1.64. The number of nitrogens with one attached hydrogen (secondary N) is 1. The van der Waals surface area contributed by atoms with Crippen LogP contribution in [-0.4, -0.2) is 17.8 Å². The molecule has 0 aromatic rings. The van der Waals surface area contributed by atoms with Gasteiger partial charge in [0.1, 0.15) is 0 Å². The molecule has 0 aliphatic carbocycles. The van der Waals surface area contributed by atoms with Crippen LogP contribution in [0, 0.1) is 50.2 Å². The maximum Gasteiger partial charge on any atom is 0.212 e. The average Bonchev–Trinajstić information content (AvgIpc) is 2.36. The first-order chi connectivity index (χ1) is 8.43. The van der Waals surface area contributed by atoms with Crippen molar-refractivity contribution in [1.82, 2.24) is 0 Å². The highest BCUT2D eigenvalue weighted by Crippen LogP contribution is 2.59. The highest BCUT2D eigenvalue weighted by atomic mass is 16.7. The smallest absolute Gasteiger partial charge is 0.212 e. The Hall–Kier alpha value is -2.10. The fraction of sp³-hybridized carbons (Fsp3) is 0.667. The zero-order chi connectivity index (χ0) is 13.6. The molecular formula is C12H12N4O2. The number of fused-ring (bicyclic) bond motifs is 3. The maximum absolute atomic E-state index is 9.47. The van der Waals surface area contributed by atoms with E-state index in [-0.39, 0.29) is 12.3 Å². The molecule has 0 aromatic heterocycles. The van der Waals surface area contributed by atoms with Crippen LogP contribution in [0.5, 0.6) is 0 Å². The molecule has 3 saturated heterocycles. The first-order valence-corrected chi connectivity index (χ1v) is 5.63. The van der Waals surface area contributed by atoms with Crippen molar-refractivity contribution in [2.24, 2.45) is 10.8 Å². The van der Waals surface area contributed by atoms with Gasteiger partial charge in [-0.1, -0.05) is 6.92 Å². The molecule has 0 aromatic carbocycles. The summed E-state index contributed by atoms with van der Waals surface area (Å²) in [6.45, 7) is 3.38. The Balaban J connectivity index is 2.73. The van der Waals surface area contributed by atoms with Crippen LogP contribution in [0.3, 0.4) is 0 Å². The molecule has 3 aliphatic heterocycles. The van der Waals surface area contributed by atoms with Crippen LogP contribution in [0.1, 0.15) is 26.7 Å². The average molecular weight is 244 g/mol. The quantitative estimate of drug-likeness (QED) is 0.749. The van der Waals surface area contributed by atoms with E-state index in [1.165, 1.54) is 0 Å². The van der Waals surface area contributed by atoms with Crippen LogP contribution in [-0.2, 0) is 9.47 Å². The lowest BCUT2D eigenvalue weighted by atomic mass is 9.55. The molecule has 6 nitrogen and oxygen atoms in total. The predicted octanol–water partition coefficient (Wildman–Crippen LogP) is 1.45. The van der Waals surface area contributed by atoms with Gasteiger partial charge in [-0.25, -0.2) is 0 Å². The Morgan fingerprint density at radius 1 is 1.33 bits per heavy atom. The molecule has 6 heteroatoms. The predicted molar refractivity (Wildman–Crippen MR) is 58.7 cm³/mol. The number of nitrogens with zero attached hydrogens (tertiary/aromatic N) is 3. The Labute approximate surface area is 105 Å². The Morgan fingerprint density at radius 2 is 1.94 bits per heavy atom. The van der Waals surface area contributed by atoms with Gasteiger partial charge in [0.25, 0.3) is 0 Å². The van der Waals surface area contributed by atoms with Crippen molar-refractivity contribution in [2.75, 3.05) is 0 Å². The second-order valence-corrected chi connectivity index (χ2v) is 4.81. The first-order valence-electron chi connectivity index (χ1n) is 5.63. The van der Waals surface area contributed by atoms with Crippen LogP contribution in [0.15, 0.2) is 0 Å². The van der Waals surface area contributed by atoms with Gasteiger partial charge in [0.05, 0.1) is 24.3 Å². The fourth-order valence-corrected chi connectivity index (χ4v) is 2.91. The summed E-state index contributed by atoms with van der Waals surface area (Å²) >= 11 is 0. The van der Waals surface area contributed by atoms with Gasteiger partial charge in [-0.05, 0) is 6.42 Å². The van der Waals surface area contributed by atoms with Gasteiger partial charge < -0.3 is 9.47 Å². The lowest BCUT2D eigenvalue weighted by Crippen LogP contribution is -2.69. The van der Waals surface area contributed by atoms with E-state index in [4.69, 9.17) is 14.9 Å². The molecule has 1 N–H and O–H groups in total.